The predicted molar refractivity (Wildman–Crippen MR) is 179 cm³/mol. The van der Waals surface area contributed by atoms with Crippen molar-refractivity contribution < 1.29 is 43.2 Å². The zero-order valence-corrected chi connectivity index (χ0v) is 28.6. The largest absolute Gasteiger partial charge is 0.496 e. The van der Waals surface area contributed by atoms with Crippen molar-refractivity contribution in [3.63, 3.8) is 0 Å². The van der Waals surface area contributed by atoms with Crippen LogP contribution in [-0.4, -0.2) is 89.5 Å². The summed E-state index contributed by atoms with van der Waals surface area (Å²) >= 11 is 0. The molecular weight excluding hydrogens is 632 g/mol. The lowest BCUT2D eigenvalue weighted by atomic mass is 10.0. The summed E-state index contributed by atoms with van der Waals surface area (Å²) in [6.07, 6.45) is 7.74. The Labute approximate surface area is 286 Å². The molecule has 2 saturated carbocycles. The molecule has 0 bridgehead atoms. The molecule has 4 fully saturated rings. The summed E-state index contributed by atoms with van der Waals surface area (Å²) < 4.78 is 23.1. The quantitative estimate of drug-likeness (QED) is 0.375. The average molecular weight is 681 g/mol. The molecule has 2 aliphatic carbocycles. The highest BCUT2D eigenvalue weighted by molar-refractivity contribution is 5.95. The first-order valence-electron chi connectivity index (χ1n) is 17.6. The first-order chi connectivity index (χ1) is 23.6. The highest BCUT2D eigenvalue weighted by atomic mass is 16.6. The molecular formula is C36H48N4O9. The highest BCUT2D eigenvalue weighted by Gasteiger charge is 2.62. The molecule has 1 aromatic heterocycles. The molecule has 4 aliphatic rings. The van der Waals surface area contributed by atoms with Gasteiger partial charge in [0, 0.05) is 35.9 Å². The van der Waals surface area contributed by atoms with Crippen LogP contribution < -0.4 is 24.8 Å². The zero-order chi connectivity index (χ0) is 34.7. The van der Waals surface area contributed by atoms with E-state index in [-0.39, 0.29) is 37.3 Å². The Morgan fingerprint density at radius 2 is 1.71 bits per heavy atom. The SMILES string of the molecule is COc1cc(O[C@@H]2C[C@H]3C(=O)N[C@]4(C(=O)O)C[C@H]4CCCCCC[C@H](NC(=O)OC4CCCC4)CC(=O)N3C2)c2ccc(OC)c(C)c2n1. The van der Waals surface area contributed by atoms with Crippen molar-refractivity contribution in [2.45, 2.75) is 120 Å². The fourth-order valence-electron chi connectivity index (χ4n) is 7.86. The van der Waals surface area contributed by atoms with Gasteiger partial charge in [-0.15, -0.1) is 0 Å². The van der Waals surface area contributed by atoms with Gasteiger partial charge in [-0.3, -0.25) is 9.59 Å². The van der Waals surface area contributed by atoms with Gasteiger partial charge in [-0.1, -0.05) is 25.7 Å². The number of rotatable bonds is 7. The van der Waals surface area contributed by atoms with Gasteiger partial charge in [0.1, 0.15) is 35.3 Å². The summed E-state index contributed by atoms with van der Waals surface area (Å²) in [6.45, 7) is 1.99. The number of aryl methyl sites for hydroxylation is 1. The van der Waals surface area contributed by atoms with Crippen molar-refractivity contribution in [1.29, 1.82) is 0 Å². The number of benzene rings is 1. The van der Waals surface area contributed by atoms with E-state index < -0.39 is 41.7 Å². The van der Waals surface area contributed by atoms with E-state index in [1.165, 1.54) is 12.0 Å². The number of ether oxygens (including phenoxy) is 4. The smallest absolute Gasteiger partial charge is 0.407 e. The number of carboxylic acid groups (broad SMARTS) is 1. The van der Waals surface area contributed by atoms with Gasteiger partial charge in [-0.05, 0) is 69.9 Å². The van der Waals surface area contributed by atoms with E-state index in [0.29, 0.717) is 42.2 Å². The Morgan fingerprint density at radius 1 is 0.980 bits per heavy atom. The number of amides is 3. The van der Waals surface area contributed by atoms with Crippen LogP contribution in [-0.2, 0) is 19.1 Å². The number of fused-ring (bicyclic) bond motifs is 3. The molecule has 13 heteroatoms. The van der Waals surface area contributed by atoms with Crippen molar-refractivity contribution in [3.05, 3.63) is 23.8 Å². The fraction of sp³-hybridized carbons (Fsp3) is 0.639. The van der Waals surface area contributed by atoms with E-state index in [2.05, 4.69) is 15.6 Å². The minimum absolute atomic E-state index is 0.0199. The van der Waals surface area contributed by atoms with Gasteiger partial charge in [0.25, 0.3) is 0 Å². The second kappa shape index (κ2) is 14.7. The summed E-state index contributed by atoms with van der Waals surface area (Å²) in [5.41, 5.74) is 0.113. The number of carbonyl (C=O) groups is 4. The summed E-state index contributed by atoms with van der Waals surface area (Å²) in [5, 5.41) is 16.7. The highest BCUT2D eigenvalue weighted by Crippen LogP contribution is 2.47. The van der Waals surface area contributed by atoms with E-state index in [9.17, 15) is 24.3 Å². The Hall–Kier alpha value is -4.29. The molecule has 49 heavy (non-hydrogen) atoms. The maximum atomic E-state index is 14.1. The standard InChI is InChI=1S/C36H48N4O9/c1-21-28(46-2)15-14-26-29(18-30(47-3)38-32(21)26)48-25-17-27-33(42)39-36(34(43)44)19-22(36)10-6-4-5-7-11-23(16-31(41)40(27)20-25)37-35(45)49-24-12-8-9-13-24/h14-15,18,22-25,27H,4-13,16-17,19-20H2,1-3H3,(H,37,45)(H,39,42)(H,43,44)/t22-,23+,25-,27+,36-/m1/s1. The predicted octanol–water partition coefficient (Wildman–Crippen LogP) is 4.65. The molecule has 3 heterocycles. The Bertz CT molecular complexity index is 1580. The molecule has 3 amide bonds. The normalized spacial score (nSPS) is 28.0. The Balaban J connectivity index is 1.26. The number of pyridine rings is 1. The van der Waals surface area contributed by atoms with E-state index in [4.69, 9.17) is 18.9 Å². The lowest BCUT2D eigenvalue weighted by Gasteiger charge is -2.27. The maximum Gasteiger partial charge on any atom is 0.407 e. The maximum absolute atomic E-state index is 14.1. The number of aromatic nitrogens is 1. The van der Waals surface area contributed by atoms with Crippen LogP contribution in [0.1, 0.15) is 89.0 Å². The third-order valence-electron chi connectivity index (χ3n) is 10.7. The average Bonchev–Trinajstić information content (AvgIpc) is 3.36. The topological polar surface area (TPSA) is 166 Å². The zero-order valence-electron chi connectivity index (χ0n) is 28.6. The third kappa shape index (κ3) is 7.50. The number of hydrogen-bond acceptors (Lipinski definition) is 9. The van der Waals surface area contributed by atoms with E-state index in [1.807, 2.05) is 19.1 Å². The number of carbonyl (C=O) groups excluding carboxylic acids is 3. The number of aliphatic carboxylic acids is 1. The number of carboxylic acids is 1. The molecule has 6 rings (SSSR count). The monoisotopic (exact) mass is 680 g/mol. The van der Waals surface area contributed by atoms with Crippen LogP contribution in [0.15, 0.2) is 18.2 Å². The summed E-state index contributed by atoms with van der Waals surface area (Å²) in [7, 11) is 3.10. The number of nitrogens with one attached hydrogen (secondary N) is 2. The summed E-state index contributed by atoms with van der Waals surface area (Å²) in [4.78, 5) is 59.4. The molecule has 0 unspecified atom stereocenters. The minimum Gasteiger partial charge on any atom is -0.496 e. The number of methoxy groups -OCH3 is 2. The van der Waals surface area contributed by atoms with Crippen LogP contribution >= 0.6 is 0 Å². The summed E-state index contributed by atoms with van der Waals surface area (Å²) in [5.74, 6) is -0.565. The molecule has 5 atom stereocenters. The molecule has 0 spiro atoms. The van der Waals surface area contributed by atoms with Crippen LogP contribution in [0.5, 0.6) is 17.4 Å². The lowest BCUT2D eigenvalue weighted by Crippen LogP contribution is -2.53. The van der Waals surface area contributed by atoms with Crippen molar-refractivity contribution in [3.8, 4) is 17.4 Å². The van der Waals surface area contributed by atoms with Crippen LogP contribution in [0.3, 0.4) is 0 Å². The lowest BCUT2D eigenvalue weighted by molar-refractivity contribution is -0.145. The van der Waals surface area contributed by atoms with Gasteiger partial charge in [-0.25, -0.2) is 14.6 Å². The summed E-state index contributed by atoms with van der Waals surface area (Å²) in [6, 6.07) is 3.93. The van der Waals surface area contributed by atoms with Gasteiger partial charge >= 0.3 is 12.1 Å². The van der Waals surface area contributed by atoms with Gasteiger partial charge in [0.05, 0.1) is 26.3 Å². The van der Waals surface area contributed by atoms with Gasteiger partial charge in [-0.2, -0.15) is 0 Å². The molecule has 1 aromatic carbocycles. The van der Waals surface area contributed by atoms with Crippen molar-refractivity contribution in [1.82, 2.24) is 20.5 Å². The van der Waals surface area contributed by atoms with E-state index >= 15 is 0 Å². The van der Waals surface area contributed by atoms with Crippen LogP contribution in [0.25, 0.3) is 10.9 Å². The second-order valence-electron chi connectivity index (χ2n) is 14.0. The number of hydrogen-bond donors (Lipinski definition) is 3. The minimum atomic E-state index is -1.33. The third-order valence-corrected chi connectivity index (χ3v) is 10.7. The van der Waals surface area contributed by atoms with Crippen molar-refractivity contribution >= 4 is 34.8 Å². The van der Waals surface area contributed by atoms with Crippen LogP contribution in [0, 0.1) is 12.8 Å². The molecule has 0 radical (unpaired) electrons. The van der Waals surface area contributed by atoms with Gasteiger partial charge in [0.15, 0.2) is 0 Å². The Morgan fingerprint density at radius 3 is 2.43 bits per heavy atom. The van der Waals surface area contributed by atoms with Gasteiger partial charge in [0.2, 0.25) is 17.7 Å². The Kier molecular flexibility index (Phi) is 10.4. The van der Waals surface area contributed by atoms with Gasteiger partial charge < -0.3 is 39.6 Å². The number of nitrogens with zero attached hydrogens (tertiary/aromatic N) is 2. The fourth-order valence-corrected chi connectivity index (χ4v) is 7.86. The van der Waals surface area contributed by atoms with E-state index in [0.717, 1.165) is 62.3 Å². The molecule has 2 aromatic rings. The first kappa shape index (κ1) is 34.6. The molecule has 2 saturated heterocycles. The first-order valence-corrected chi connectivity index (χ1v) is 17.6. The molecule has 2 aliphatic heterocycles. The van der Waals surface area contributed by atoms with Crippen molar-refractivity contribution in [2.24, 2.45) is 5.92 Å². The van der Waals surface area contributed by atoms with Crippen molar-refractivity contribution in [2.75, 3.05) is 20.8 Å². The molecule has 13 nitrogen and oxygen atoms in total. The second-order valence-corrected chi connectivity index (χ2v) is 14.0. The van der Waals surface area contributed by atoms with E-state index in [1.54, 1.807) is 13.2 Å². The van der Waals surface area contributed by atoms with Crippen LogP contribution in [0.4, 0.5) is 4.79 Å². The molecule has 266 valence electrons. The number of alkyl carbamates (subject to hydrolysis) is 1. The van der Waals surface area contributed by atoms with Crippen LogP contribution in [0.2, 0.25) is 0 Å². The molecule has 3 N–H and O–H groups in total.